The van der Waals surface area contributed by atoms with Gasteiger partial charge in [0.05, 0.1) is 0 Å². The molecule has 0 saturated heterocycles. The zero-order valence-corrected chi connectivity index (χ0v) is 6.95. The molecule has 0 unspecified atom stereocenters. The maximum atomic E-state index is 11.2. The molecule has 1 heterocycles. The van der Waals surface area contributed by atoms with E-state index < -0.39 is 0 Å². The summed E-state index contributed by atoms with van der Waals surface area (Å²) in [5.74, 6) is 0.314. The van der Waals surface area contributed by atoms with Gasteiger partial charge in [-0.05, 0) is 7.05 Å². The summed E-state index contributed by atoms with van der Waals surface area (Å²) in [6.07, 6.45) is 1.99. The van der Waals surface area contributed by atoms with Crippen LogP contribution in [0.4, 0.5) is 5.82 Å². The molecule has 1 rings (SSSR count). The van der Waals surface area contributed by atoms with E-state index >= 15 is 0 Å². The Morgan fingerprint density at radius 1 is 1.83 bits per heavy atom. The van der Waals surface area contributed by atoms with Crippen LogP contribution >= 0.6 is 0 Å². The van der Waals surface area contributed by atoms with Crippen LogP contribution < -0.4 is 11.1 Å². The van der Waals surface area contributed by atoms with E-state index in [4.69, 9.17) is 5.73 Å². The minimum Gasteiger partial charge on any atom is -0.382 e. The average Bonchev–Trinajstić information content (AvgIpc) is 2.47. The third-order valence-corrected chi connectivity index (χ3v) is 1.45. The van der Waals surface area contributed by atoms with Crippen LogP contribution in [0.5, 0.6) is 0 Å². The molecule has 1 aromatic rings. The molecule has 0 fully saturated rings. The Bertz CT molecular complexity index is 268. The Kier molecular flexibility index (Phi) is 2.82. The quantitative estimate of drug-likeness (QED) is 0.650. The summed E-state index contributed by atoms with van der Waals surface area (Å²) in [5, 5.41) is 6.66. The summed E-state index contributed by atoms with van der Waals surface area (Å²) < 4.78 is 1.26. The number of nitrogens with one attached hydrogen (secondary N) is 1. The molecule has 0 aromatic carbocycles. The highest BCUT2D eigenvalue weighted by molar-refractivity contribution is 5.78. The number of nitrogen functional groups attached to an aromatic ring is 1. The molecule has 3 N–H and O–H groups in total. The van der Waals surface area contributed by atoms with Crippen molar-refractivity contribution in [3.63, 3.8) is 0 Å². The first-order chi connectivity index (χ1) is 5.74. The fourth-order valence-electron chi connectivity index (χ4n) is 0.823. The van der Waals surface area contributed by atoms with E-state index in [9.17, 15) is 4.79 Å². The Hall–Kier alpha value is -1.36. The van der Waals surface area contributed by atoms with E-state index in [1.54, 1.807) is 19.3 Å². The number of nitrogens with zero attached hydrogens (tertiary/aromatic N) is 2. The number of anilines is 1. The van der Waals surface area contributed by atoms with Gasteiger partial charge in [-0.15, -0.1) is 5.10 Å². The van der Waals surface area contributed by atoms with E-state index in [1.165, 1.54) is 4.68 Å². The zero-order chi connectivity index (χ0) is 8.97. The van der Waals surface area contributed by atoms with E-state index in [1.807, 2.05) is 0 Å². The number of hydrogen-bond acceptors (Lipinski definition) is 4. The highest BCUT2D eigenvalue weighted by atomic mass is 16.2. The standard InChI is InChI=1S/C7H12N4O/c1-9-4-2-7(12)11-5-3-6(8)10-11/h3,5,9H,2,4H2,1H3,(H2,8,10). The van der Waals surface area contributed by atoms with Gasteiger partial charge in [-0.3, -0.25) is 4.79 Å². The van der Waals surface area contributed by atoms with Crippen LogP contribution in [0.3, 0.4) is 0 Å². The molecule has 0 saturated carbocycles. The highest BCUT2D eigenvalue weighted by Crippen LogP contribution is 1.96. The molecule has 0 aliphatic rings. The van der Waals surface area contributed by atoms with Crippen molar-refractivity contribution in [1.29, 1.82) is 0 Å². The molecule has 0 amide bonds. The summed E-state index contributed by atoms with van der Waals surface area (Å²) in [4.78, 5) is 11.2. The van der Waals surface area contributed by atoms with Crippen molar-refractivity contribution in [2.45, 2.75) is 6.42 Å². The van der Waals surface area contributed by atoms with Crippen LogP contribution in [0.1, 0.15) is 11.2 Å². The Morgan fingerprint density at radius 2 is 2.58 bits per heavy atom. The van der Waals surface area contributed by atoms with Crippen molar-refractivity contribution in [3.8, 4) is 0 Å². The Balaban J connectivity index is 2.53. The second-order valence-corrected chi connectivity index (χ2v) is 2.43. The number of hydrogen-bond donors (Lipinski definition) is 2. The molecule has 5 nitrogen and oxygen atoms in total. The topological polar surface area (TPSA) is 72.9 Å². The third-order valence-electron chi connectivity index (χ3n) is 1.45. The second kappa shape index (κ2) is 3.87. The summed E-state index contributed by atoms with van der Waals surface area (Å²) in [6, 6.07) is 1.59. The first kappa shape index (κ1) is 8.73. The molecule has 12 heavy (non-hydrogen) atoms. The van der Waals surface area contributed by atoms with E-state index in [2.05, 4.69) is 10.4 Å². The SMILES string of the molecule is CNCCC(=O)n1ccc(N)n1. The Labute approximate surface area is 70.5 Å². The predicted octanol–water partition coefficient (Wildman–Crippen LogP) is -0.285. The molecule has 0 atom stereocenters. The van der Waals surface area contributed by atoms with Gasteiger partial charge in [-0.25, -0.2) is 4.68 Å². The van der Waals surface area contributed by atoms with Crippen molar-refractivity contribution in [1.82, 2.24) is 15.1 Å². The normalized spacial score (nSPS) is 10.1. The van der Waals surface area contributed by atoms with E-state index in [-0.39, 0.29) is 5.91 Å². The fraction of sp³-hybridized carbons (Fsp3) is 0.429. The summed E-state index contributed by atoms with van der Waals surface area (Å²) >= 11 is 0. The van der Waals surface area contributed by atoms with Gasteiger partial charge >= 0.3 is 0 Å². The van der Waals surface area contributed by atoms with Crippen molar-refractivity contribution >= 4 is 11.7 Å². The highest BCUT2D eigenvalue weighted by Gasteiger charge is 2.04. The average molecular weight is 168 g/mol. The maximum absolute atomic E-state index is 11.2. The van der Waals surface area contributed by atoms with Gasteiger partial charge in [0.1, 0.15) is 5.82 Å². The van der Waals surface area contributed by atoms with Gasteiger partial charge in [-0.2, -0.15) is 0 Å². The first-order valence-electron chi connectivity index (χ1n) is 3.73. The number of nitrogens with two attached hydrogens (primary N) is 1. The summed E-state index contributed by atoms with van der Waals surface area (Å²) in [6.45, 7) is 0.651. The van der Waals surface area contributed by atoms with Gasteiger partial charge in [0, 0.05) is 25.2 Å². The van der Waals surface area contributed by atoms with Crippen LogP contribution in [-0.4, -0.2) is 29.3 Å². The molecular formula is C7H12N4O. The number of carbonyl (C=O) groups excluding carboxylic acids is 1. The predicted molar refractivity (Wildman–Crippen MR) is 45.8 cm³/mol. The van der Waals surface area contributed by atoms with Crippen molar-refractivity contribution in [3.05, 3.63) is 12.3 Å². The van der Waals surface area contributed by atoms with Crippen LogP contribution in [-0.2, 0) is 0 Å². The maximum Gasteiger partial charge on any atom is 0.248 e. The van der Waals surface area contributed by atoms with Gasteiger partial charge in [0.2, 0.25) is 5.91 Å². The number of aromatic nitrogens is 2. The van der Waals surface area contributed by atoms with Crippen molar-refractivity contribution in [2.24, 2.45) is 0 Å². The van der Waals surface area contributed by atoms with Crippen LogP contribution in [0.2, 0.25) is 0 Å². The molecule has 0 aliphatic carbocycles. The second-order valence-electron chi connectivity index (χ2n) is 2.43. The largest absolute Gasteiger partial charge is 0.382 e. The molecule has 66 valence electrons. The summed E-state index contributed by atoms with van der Waals surface area (Å²) in [7, 11) is 1.80. The smallest absolute Gasteiger partial charge is 0.248 e. The fourth-order valence-corrected chi connectivity index (χ4v) is 0.823. The van der Waals surface area contributed by atoms with E-state index in [0.717, 1.165) is 0 Å². The molecule has 0 radical (unpaired) electrons. The van der Waals surface area contributed by atoms with Crippen LogP contribution in [0, 0.1) is 0 Å². The van der Waals surface area contributed by atoms with E-state index in [0.29, 0.717) is 18.8 Å². The molecular weight excluding hydrogens is 156 g/mol. The first-order valence-corrected chi connectivity index (χ1v) is 3.73. The van der Waals surface area contributed by atoms with Crippen LogP contribution in [0.25, 0.3) is 0 Å². The van der Waals surface area contributed by atoms with Gasteiger partial charge in [-0.1, -0.05) is 0 Å². The molecule has 0 bridgehead atoms. The van der Waals surface area contributed by atoms with Crippen molar-refractivity contribution in [2.75, 3.05) is 19.3 Å². The molecule has 5 heteroatoms. The molecule has 0 spiro atoms. The lowest BCUT2D eigenvalue weighted by Gasteiger charge is -1.98. The lowest BCUT2D eigenvalue weighted by molar-refractivity contribution is 0.0888. The lowest BCUT2D eigenvalue weighted by atomic mass is 10.4. The zero-order valence-electron chi connectivity index (χ0n) is 6.95. The Morgan fingerprint density at radius 3 is 3.08 bits per heavy atom. The molecule has 0 aliphatic heterocycles. The minimum absolute atomic E-state index is 0.0546. The lowest BCUT2D eigenvalue weighted by Crippen LogP contribution is -2.18. The minimum atomic E-state index is -0.0546. The molecule has 1 aromatic heterocycles. The van der Waals surface area contributed by atoms with Crippen molar-refractivity contribution < 1.29 is 4.79 Å². The number of rotatable bonds is 3. The monoisotopic (exact) mass is 168 g/mol. The third kappa shape index (κ3) is 2.06. The van der Waals surface area contributed by atoms with Gasteiger partial charge < -0.3 is 11.1 Å². The van der Waals surface area contributed by atoms with Crippen LogP contribution in [0.15, 0.2) is 12.3 Å². The summed E-state index contributed by atoms with van der Waals surface area (Å²) in [5.41, 5.74) is 5.35. The van der Waals surface area contributed by atoms with Gasteiger partial charge in [0.15, 0.2) is 0 Å². The number of carbonyl (C=O) groups is 1. The van der Waals surface area contributed by atoms with Gasteiger partial charge in [0.25, 0.3) is 0 Å².